The Bertz CT molecular complexity index is 472. The third kappa shape index (κ3) is 1.44. The van der Waals surface area contributed by atoms with E-state index < -0.39 is 0 Å². The number of fused-ring (bicyclic) bond motifs is 1. The first kappa shape index (κ1) is 7.62. The minimum atomic E-state index is 0.312. The van der Waals surface area contributed by atoms with Crippen LogP contribution in [0, 0.1) is 11.3 Å². The maximum absolute atomic E-state index is 8.47. The second-order valence-corrected chi connectivity index (χ2v) is 2.54. The van der Waals surface area contributed by atoms with E-state index in [1.54, 1.807) is 18.5 Å². The second-order valence-electron chi connectivity index (χ2n) is 2.54. The van der Waals surface area contributed by atoms with Crippen molar-refractivity contribution < 1.29 is 0 Å². The zero-order chi connectivity index (χ0) is 9.10. The molecule has 13 heavy (non-hydrogen) atoms. The molecular formula is C9H6N4. The lowest BCUT2D eigenvalue weighted by atomic mass is 10.3. The first-order valence-corrected chi connectivity index (χ1v) is 3.84. The number of pyridine rings is 1. The van der Waals surface area contributed by atoms with Gasteiger partial charge in [-0.2, -0.15) is 5.26 Å². The van der Waals surface area contributed by atoms with Crippen molar-refractivity contribution in [1.82, 2.24) is 15.0 Å². The van der Waals surface area contributed by atoms with Gasteiger partial charge in [0.05, 0.1) is 18.2 Å². The largest absolute Gasteiger partial charge is 0.251 e. The monoisotopic (exact) mass is 170 g/mol. The van der Waals surface area contributed by atoms with Crippen molar-refractivity contribution in [2.45, 2.75) is 6.42 Å². The van der Waals surface area contributed by atoms with E-state index in [9.17, 15) is 0 Å². The Morgan fingerprint density at radius 2 is 2.08 bits per heavy atom. The zero-order valence-electron chi connectivity index (χ0n) is 6.81. The SMILES string of the molecule is N#CCc1ccc2nccnc2n1. The summed E-state index contributed by atoms with van der Waals surface area (Å²) in [5.74, 6) is 0. The summed E-state index contributed by atoms with van der Waals surface area (Å²) < 4.78 is 0. The number of hydrogen-bond acceptors (Lipinski definition) is 4. The molecule has 0 fully saturated rings. The molecule has 0 spiro atoms. The molecule has 0 radical (unpaired) electrons. The molecule has 0 aliphatic carbocycles. The normalized spacial score (nSPS) is 9.77. The summed E-state index contributed by atoms with van der Waals surface area (Å²) in [4.78, 5) is 12.3. The molecule has 0 aliphatic rings. The number of rotatable bonds is 1. The summed E-state index contributed by atoms with van der Waals surface area (Å²) in [6.07, 6.45) is 3.52. The Hall–Kier alpha value is -2.02. The summed E-state index contributed by atoms with van der Waals surface area (Å²) in [6, 6.07) is 5.65. The van der Waals surface area contributed by atoms with E-state index in [-0.39, 0.29) is 0 Å². The molecule has 0 bridgehead atoms. The van der Waals surface area contributed by atoms with Gasteiger partial charge in [-0.1, -0.05) is 0 Å². The van der Waals surface area contributed by atoms with Crippen molar-refractivity contribution in [2.24, 2.45) is 0 Å². The van der Waals surface area contributed by atoms with Crippen LogP contribution in [0.2, 0.25) is 0 Å². The van der Waals surface area contributed by atoms with Gasteiger partial charge in [0.25, 0.3) is 0 Å². The summed E-state index contributed by atoms with van der Waals surface area (Å²) in [5.41, 5.74) is 2.08. The third-order valence-corrected chi connectivity index (χ3v) is 1.65. The molecule has 62 valence electrons. The molecule has 0 atom stereocenters. The predicted molar refractivity (Wildman–Crippen MR) is 46.7 cm³/mol. The summed E-state index contributed by atoms with van der Waals surface area (Å²) >= 11 is 0. The molecule has 0 saturated carbocycles. The number of nitrogens with zero attached hydrogens (tertiary/aromatic N) is 4. The van der Waals surface area contributed by atoms with Crippen LogP contribution in [-0.4, -0.2) is 15.0 Å². The lowest BCUT2D eigenvalue weighted by Gasteiger charge is -1.96. The zero-order valence-corrected chi connectivity index (χ0v) is 6.81. The topological polar surface area (TPSA) is 62.5 Å². The molecule has 0 amide bonds. The van der Waals surface area contributed by atoms with Gasteiger partial charge in [-0.3, -0.25) is 4.98 Å². The van der Waals surface area contributed by atoms with E-state index in [2.05, 4.69) is 15.0 Å². The number of hydrogen-bond donors (Lipinski definition) is 0. The van der Waals surface area contributed by atoms with Gasteiger partial charge in [0.2, 0.25) is 0 Å². The molecule has 2 aromatic heterocycles. The third-order valence-electron chi connectivity index (χ3n) is 1.65. The fraction of sp³-hybridized carbons (Fsp3) is 0.111. The molecular weight excluding hydrogens is 164 g/mol. The minimum absolute atomic E-state index is 0.312. The van der Waals surface area contributed by atoms with Crippen molar-refractivity contribution in [3.8, 4) is 6.07 Å². The number of nitriles is 1. The van der Waals surface area contributed by atoms with Crippen LogP contribution >= 0.6 is 0 Å². The standard InChI is InChI=1S/C9H6N4/c10-4-3-7-1-2-8-9(13-7)12-6-5-11-8/h1-2,5-6H,3H2. The van der Waals surface area contributed by atoms with E-state index in [1.165, 1.54) is 0 Å². The average Bonchev–Trinajstić information content (AvgIpc) is 2.18. The molecule has 2 heterocycles. The van der Waals surface area contributed by atoms with Gasteiger partial charge in [0, 0.05) is 12.4 Å². The van der Waals surface area contributed by atoms with Gasteiger partial charge in [-0.15, -0.1) is 0 Å². The van der Waals surface area contributed by atoms with Crippen molar-refractivity contribution >= 4 is 11.2 Å². The Morgan fingerprint density at radius 1 is 1.23 bits per heavy atom. The van der Waals surface area contributed by atoms with Gasteiger partial charge in [0.15, 0.2) is 5.65 Å². The Kier molecular flexibility index (Phi) is 1.85. The van der Waals surface area contributed by atoms with Crippen molar-refractivity contribution in [2.75, 3.05) is 0 Å². The quantitative estimate of drug-likeness (QED) is 0.642. The highest BCUT2D eigenvalue weighted by atomic mass is 14.9. The molecule has 2 rings (SSSR count). The van der Waals surface area contributed by atoms with Crippen LogP contribution in [0.15, 0.2) is 24.5 Å². The maximum atomic E-state index is 8.47. The van der Waals surface area contributed by atoms with E-state index in [4.69, 9.17) is 5.26 Å². The summed E-state index contributed by atoms with van der Waals surface area (Å²) in [7, 11) is 0. The molecule has 0 aromatic carbocycles. The van der Waals surface area contributed by atoms with Gasteiger partial charge in [0.1, 0.15) is 5.52 Å². The fourth-order valence-corrected chi connectivity index (χ4v) is 1.07. The van der Waals surface area contributed by atoms with E-state index in [0.717, 1.165) is 11.2 Å². The van der Waals surface area contributed by atoms with Gasteiger partial charge in [-0.25, -0.2) is 9.97 Å². The van der Waals surface area contributed by atoms with Crippen LogP contribution in [0.3, 0.4) is 0 Å². The van der Waals surface area contributed by atoms with Crippen LogP contribution in [0.1, 0.15) is 5.69 Å². The lowest BCUT2D eigenvalue weighted by Crippen LogP contribution is -1.91. The Balaban J connectivity index is 2.57. The van der Waals surface area contributed by atoms with Crippen LogP contribution in [0.5, 0.6) is 0 Å². The molecule has 0 unspecified atom stereocenters. The van der Waals surface area contributed by atoms with Gasteiger partial charge < -0.3 is 0 Å². The van der Waals surface area contributed by atoms with Crippen LogP contribution in [0.25, 0.3) is 11.2 Å². The van der Waals surface area contributed by atoms with E-state index in [0.29, 0.717) is 12.1 Å². The first-order valence-electron chi connectivity index (χ1n) is 3.84. The smallest absolute Gasteiger partial charge is 0.178 e. The predicted octanol–water partition coefficient (Wildman–Crippen LogP) is 1.09. The Labute approximate surface area is 74.9 Å². The molecule has 2 aromatic rings. The highest BCUT2D eigenvalue weighted by Gasteiger charge is 1.98. The van der Waals surface area contributed by atoms with Crippen LogP contribution < -0.4 is 0 Å². The average molecular weight is 170 g/mol. The highest BCUT2D eigenvalue weighted by Crippen LogP contribution is 2.05. The molecule has 0 aliphatic heterocycles. The van der Waals surface area contributed by atoms with Crippen LogP contribution in [-0.2, 0) is 6.42 Å². The highest BCUT2D eigenvalue weighted by molar-refractivity contribution is 5.68. The fourth-order valence-electron chi connectivity index (χ4n) is 1.07. The maximum Gasteiger partial charge on any atom is 0.178 e. The Morgan fingerprint density at radius 3 is 2.92 bits per heavy atom. The van der Waals surface area contributed by atoms with E-state index in [1.807, 2.05) is 12.1 Å². The minimum Gasteiger partial charge on any atom is -0.251 e. The summed E-state index contributed by atoms with van der Waals surface area (Å²) in [5, 5.41) is 8.47. The number of aromatic nitrogens is 3. The van der Waals surface area contributed by atoms with Gasteiger partial charge in [-0.05, 0) is 12.1 Å². The van der Waals surface area contributed by atoms with Crippen LogP contribution in [0.4, 0.5) is 0 Å². The van der Waals surface area contributed by atoms with Crippen molar-refractivity contribution in [3.05, 3.63) is 30.2 Å². The molecule has 4 heteroatoms. The molecule has 0 saturated heterocycles. The van der Waals surface area contributed by atoms with E-state index >= 15 is 0 Å². The van der Waals surface area contributed by atoms with Crippen molar-refractivity contribution in [3.63, 3.8) is 0 Å². The summed E-state index contributed by atoms with van der Waals surface area (Å²) in [6.45, 7) is 0. The molecule has 0 N–H and O–H groups in total. The first-order chi connectivity index (χ1) is 6.40. The van der Waals surface area contributed by atoms with Gasteiger partial charge >= 0.3 is 0 Å². The second kappa shape index (κ2) is 3.15. The van der Waals surface area contributed by atoms with Crippen molar-refractivity contribution in [1.29, 1.82) is 5.26 Å². The molecule has 4 nitrogen and oxygen atoms in total. The lowest BCUT2D eigenvalue weighted by molar-refractivity contribution is 1.11.